The average molecular weight is 321 g/mol. The molecule has 2 rings (SSSR count). The molecule has 0 atom stereocenters. The number of aromatic nitrogens is 4. The summed E-state index contributed by atoms with van der Waals surface area (Å²) in [6.45, 7) is 4.72. The van der Waals surface area contributed by atoms with Gasteiger partial charge in [0.1, 0.15) is 12.7 Å². The summed E-state index contributed by atoms with van der Waals surface area (Å²) in [5, 5.41) is 17.4. The van der Waals surface area contributed by atoms with E-state index in [4.69, 9.17) is 0 Å². The summed E-state index contributed by atoms with van der Waals surface area (Å²) in [6, 6.07) is 0. The molecule has 0 spiro atoms. The molecule has 22 heavy (non-hydrogen) atoms. The molecule has 0 aromatic carbocycles. The van der Waals surface area contributed by atoms with E-state index in [1.165, 1.54) is 0 Å². The molecule has 7 nitrogen and oxygen atoms in total. The van der Waals surface area contributed by atoms with Crippen LogP contribution in [0.5, 0.6) is 0 Å². The Morgan fingerprint density at radius 3 is 2.68 bits per heavy atom. The van der Waals surface area contributed by atoms with Gasteiger partial charge in [-0.05, 0) is 19.8 Å². The van der Waals surface area contributed by atoms with E-state index in [2.05, 4.69) is 36.2 Å². The number of unbranched alkanes of at least 4 members (excludes halogenated alkanes) is 1. The third-order valence-electron chi connectivity index (χ3n) is 3.17. The molecule has 0 aliphatic heterocycles. The first-order valence-corrected chi connectivity index (χ1v) is 8.34. The first-order valence-electron chi connectivity index (χ1n) is 7.46. The second kappa shape index (κ2) is 9.14. The van der Waals surface area contributed by atoms with Gasteiger partial charge in [-0.1, -0.05) is 0 Å². The summed E-state index contributed by atoms with van der Waals surface area (Å²) in [5.74, 6) is 0.844. The molecular formula is C14H23N7S. The minimum atomic E-state index is 0.837. The number of rotatable bonds is 8. The van der Waals surface area contributed by atoms with Crippen molar-refractivity contribution in [1.29, 1.82) is 0 Å². The second-order valence-electron chi connectivity index (χ2n) is 4.94. The van der Waals surface area contributed by atoms with Gasteiger partial charge in [-0.3, -0.25) is 4.99 Å². The molecule has 2 N–H and O–H groups in total. The van der Waals surface area contributed by atoms with Crippen molar-refractivity contribution in [2.75, 3.05) is 20.1 Å². The minimum absolute atomic E-state index is 0.837. The van der Waals surface area contributed by atoms with Crippen LogP contribution < -0.4 is 10.6 Å². The van der Waals surface area contributed by atoms with Crippen molar-refractivity contribution in [2.45, 2.75) is 32.7 Å². The molecule has 0 bridgehead atoms. The molecule has 2 heterocycles. The first kappa shape index (κ1) is 16.4. The lowest BCUT2D eigenvalue weighted by molar-refractivity contribution is 0.597. The molecule has 0 aliphatic carbocycles. The number of aliphatic imine (C=N–C) groups is 1. The van der Waals surface area contributed by atoms with Gasteiger partial charge in [-0.2, -0.15) is 0 Å². The number of aryl methyl sites for hydroxylation is 2. The van der Waals surface area contributed by atoms with Crippen LogP contribution in [0.1, 0.15) is 23.5 Å². The summed E-state index contributed by atoms with van der Waals surface area (Å²) in [6.07, 6.45) is 6.56. The molecule has 0 saturated heterocycles. The highest BCUT2D eigenvalue weighted by molar-refractivity contribution is 7.09. The van der Waals surface area contributed by atoms with Crippen LogP contribution in [0.2, 0.25) is 0 Å². The van der Waals surface area contributed by atoms with E-state index < -0.39 is 0 Å². The molecular weight excluding hydrogens is 298 g/mol. The Morgan fingerprint density at radius 1 is 1.23 bits per heavy atom. The monoisotopic (exact) mass is 321 g/mol. The molecule has 2 aromatic rings. The molecule has 8 heteroatoms. The van der Waals surface area contributed by atoms with Crippen LogP contribution >= 0.6 is 11.3 Å². The lowest BCUT2D eigenvalue weighted by Crippen LogP contribution is -2.38. The molecule has 0 saturated carbocycles. The smallest absolute Gasteiger partial charge is 0.190 e. The van der Waals surface area contributed by atoms with Crippen molar-refractivity contribution in [3.05, 3.63) is 28.7 Å². The molecule has 2 aromatic heterocycles. The third-order valence-corrected chi connectivity index (χ3v) is 3.99. The number of hydrogen-bond donors (Lipinski definition) is 2. The van der Waals surface area contributed by atoms with E-state index in [1.807, 2.05) is 11.5 Å². The van der Waals surface area contributed by atoms with Crippen LogP contribution in [-0.2, 0) is 13.0 Å². The van der Waals surface area contributed by atoms with Crippen molar-refractivity contribution < 1.29 is 0 Å². The fraction of sp³-hybridized carbons (Fsp3) is 0.571. The lowest BCUT2D eigenvalue weighted by Gasteiger charge is -2.11. The van der Waals surface area contributed by atoms with Crippen molar-refractivity contribution in [1.82, 2.24) is 30.4 Å². The summed E-state index contributed by atoms with van der Waals surface area (Å²) >= 11 is 1.69. The van der Waals surface area contributed by atoms with Crippen molar-refractivity contribution in [3.8, 4) is 0 Å². The highest BCUT2D eigenvalue weighted by atomic mass is 32.1. The maximum Gasteiger partial charge on any atom is 0.190 e. The number of nitrogens with zero attached hydrogens (tertiary/aromatic N) is 5. The van der Waals surface area contributed by atoms with Crippen LogP contribution in [-0.4, -0.2) is 45.8 Å². The van der Waals surface area contributed by atoms with Gasteiger partial charge >= 0.3 is 0 Å². The zero-order valence-corrected chi connectivity index (χ0v) is 13.9. The summed E-state index contributed by atoms with van der Waals surface area (Å²) in [4.78, 5) is 8.67. The van der Waals surface area contributed by atoms with E-state index in [9.17, 15) is 0 Å². The molecule has 0 fully saturated rings. The quantitative estimate of drug-likeness (QED) is 0.434. The Labute approximate surface area is 134 Å². The number of hydrogen-bond acceptors (Lipinski definition) is 5. The van der Waals surface area contributed by atoms with Gasteiger partial charge in [-0.15, -0.1) is 21.5 Å². The van der Waals surface area contributed by atoms with Gasteiger partial charge < -0.3 is 15.2 Å². The van der Waals surface area contributed by atoms with Crippen molar-refractivity contribution >= 4 is 17.3 Å². The molecule has 0 aliphatic rings. The zero-order valence-electron chi connectivity index (χ0n) is 13.1. The van der Waals surface area contributed by atoms with Gasteiger partial charge in [0.15, 0.2) is 5.96 Å². The Balaban J connectivity index is 1.55. The Kier molecular flexibility index (Phi) is 6.82. The maximum atomic E-state index is 4.45. The maximum absolute atomic E-state index is 4.45. The van der Waals surface area contributed by atoms with Crippen LogP contribution in [0, 0.1) is 6.92 Å². The number of thiazole rings is 1. The Morgan fingerprint density at radius 2 is 2.00 bits per heavy atom. The highest BCUT2D eigenvalue weighted by Gasteiger charge is 2.00. The van der Waals surface area contributed by atoms with Gasteiger partial charge in [0, 0.05) is 38.5 Å². The average Bonchev–Trinajstić information content (AvgIpc) is 3.17. The Hall–Kier alpha value is -1.96. The number of guanidine groups is 1. The largest absolute Gasteiger partial charge is 0.356 e. The van der Waals surface area contributed by atoms with E-state index >= 15 is 0 Å². The fourth-order valence-corrected chi connectivity index (χ4v) is 2.66. The third kappa shape index (κ3) is 5.80. The predicted octanol–water partition coefficient (Wildman–Crippen LogP) is 1.23. The van der Waals surface area contributed by atoms with Gasteiger partial charge in [-0.25, -0.2) is 4.98 Å². The molecule has 0 unspecified atom stereocenters. The Bertz CT molecular complexity index is 562. The SMILES string of the molecule is CN=C(NCCCCn1cnnc1)NCCc1csc(C)n1. The summed E-state index contributed by atoms with van der Waals surface area (Å²) in [7, 11) is 1.79. The highest BCUT2D eigenvalue weighted by Crippen LogP contribution is 2.07. The summed E-state index contributed by atoms with van der Waals surface area (Å²) in [5.41, 5.74) is 1.14. The van der Waals surface area contributed by atoms with Gasteiger partial charge in [0.05, 0.1) is 10.7 Å². The van der Waals surface area contributed by atoms with E-state index in [0.717, 1.165) is 55.6 Å². The van der Waals surface area contributed by atoms with Crippen LogP contribution in [0.4, 0.5) is 0 Å². The van der Waals surface area contributed by atoms with Crippen LogP contribution in [0.25, 0.3) is 0 Å². The number of nitrogens with one attached hydrogen (secondary N) is 2. The minimum Gasteiger partial charge on any atom is -0.356 e. The zero-order chi connectivity index (χ0) is 15.6. The van der Waals surface area contributed by atoms with E-state index in [1.54, 1.807) is 31.0 Å². The standard InChI is InChI=1S/C14H23N7S/c1-12-20-13(9-22-12)5-7-17-14(15-2)16-6-3-4-8-21-10-18-19-11-21/h9-11H,3-8H2,1-2H3,(H2,15,16,17). The van der Waals surface area contributed by atoms with Gasteiger partial charge in [0.2, 0.25) is 0 Å². The lowest BCUT2D eigenvalue weighted by atomic mass is 10.3. The fourth-order valence-electron chi connectivity index (χ4n) is 2.02. The van der Waals surface area contributed by atoms with E-state index in [0.29, 0.717) is 0 Å². The molecule has 120 valence electrons. The normalized spacial score (nSPS) is 11.6. The molecule has 0 amide bonds. The first-order chi connectivity index (χ1) is 10.8. The predicted molar refractivity (Wildman–Crippen MR) is 89.2 cm³/mol. The van der Waals surface area contributed by atoms with E-state index in [-0.39, 0.29) is 0 Å². The van der Waals surface area contributed by atoms with Crippen LogP contribution in [0.15, 0.2) is 23.0 Å². The topological polar surface area (TPSA) is 80.0 Å². The van der Waals surface area contributed by atoms with Crippen LogP contribution in [0.3, 0.4) is 0 Å². The van der Waals surface area contributed by atoms with Crippen molar-refractivity contribution in [2.24, 2.45) is 4.99 Å². The molecule has 0 radical (unpaired) electrons. The summed E-state index contributed by atoms with van der Waals surface area (Å²) < 4.78 is 1.99. The van der Waals surface area contributed by atoms with Crippen molar-refractivity contribution in [3.63, 3.8) is 0 Å². The second-order valence-corrected chi connectivity index (χ2v) is 6.00. The van der Waals surface area contributed by atoms with Gasteiger partial charge in [0.25, 0.3) is 0 Å².